The second-order valence-electron chi connectivity index (χ2n) is 7.11. The molecule has 2 aromatic carbocycles. The highest BCUT2D eigenvalue weighted by molar-refractivity contribution is 7.80. The van der Waals surface area contributed by atoms with Gasteiger partial charge in [-0.15, -0.1) is 0 Å². The van der Waals surface area contributed by atoms with Gasteiger partial charge in [0.1, 0.15) is 11.4 Å². The molecule has 0 bridgehead atoms. The van der Waals surface area contributed by atoms with E-state index >= 15 is 0 Å². The number of amides is 2. The molecule has 6 nitrogen and oxygen atoms in total. The van der Waals surface area contributed by atoms with Crippen molar-refractivity contribution in [2.45, 2.75) is 19.9 Å². The van der Waals surface area contributed by atoms with Gasteiger partial charge in [0.2, 0.25) is 0 Å². The number of ether oxygens (including phenoxy) is 1. The van der Waals surface area contributed by atoms with E-state index in [-0.39, 0.29) is 12.1 Å². The van der Waals surface area contributed by atoms with Crippen molar-refractivity contribution in [1.82, 2.24) is 10.6 Å². The fraction of sp³-hybridized carbons (Fsp3) is 0.304. The second-order valence-corrected chi connectivity index (χ2v) is 7.55. The largest absolute Gasteiger partial charge is 0.453 e. The summed E-state index contributed by atoms with van der Waals surface area (Å²) in [6.07, 6.45) is 1.93. The minimum absolute atomic E-state index is 0.235. The zero-order valence-electron chi connectivity index (χ0n) is 17.2. The van der Waals surface area contributed by atoms with Crippen molar-refractivity contribution >= 4 is 35.7 Å². The van der Waals surface area contributed by atoms with Crippen LogP contribution < -0.4 is 20.3 Å². The summed E-state index contributed by atoms with van der Waals surface area (Å²) in [6, 6.07) is 13.5. The van der Waals surface area contributed by atoms with Gasteiger partial charge in [-0.3, -0.25) is 0 Å². The van der Waals surface area contributed by atoms with Gasteiger partial charge in [-0.2, -0.15) is 12.6 Å². The number of nitrogens with zero attached hydrogens (tertiary/aromatic N) is 2. The van der Waals surface area contributed by atoms with Crippen LogP contribution in [-0.2, 0) is 0 Å². The standard InChI is InChI=1S/C23H26N4O2S/c1-3-27(4-2)15-9-10-18-20(13-15)29-21-14-19(26-23(28)24-11-12-30)16-7-5-6-8-17(16)22(21)25-18/h5-10,13-14,19,30H,3-4,11-12H2,1-2H3,(H2,24,26,28). The third-order valence-electron chi connectivity index (χ3n) is 5.31. The van der Waals surface area contributed by atoms with Crippen LogP contribution in [0.3, 0.4) is 0 Å². The van der Waals surface area contributed by atoms with E-state index in [1.54, 1.807) is 0 Å². The molecule has 2 amide bonds. The van der Waals surface area contributed by atoms with Crippen LogP contribution in [0.1, 0.15) is 31.0 Å². The number of hydrogen-bond donors (Lipinski definition) is 3. The van der Waals surface area contributed by atoms with Crippen LogP contribution in [0.2, 0.25) is 0 Å². The number of urea groups is 1. The van der Waals surface area contributed by atoms with E-state index in [0.29, 0.717) is 18.1 Å². The highest BCUT2D eigenvalue weighted by Gasteiger charge is 2.30. The first-order valence-electron chi connectivity index (χ1n) is 10.3. The number of thiol groups is 1. The van der Waals surface area contributed by atoms with E-state index in [4.69, 9.17) is 9.73 Å². The minimum atomic E-state index is -0.303. The maximum absolute atomic E-state index is 12.3. The number of carbonyl (C=O) groups is 1. The zero-order valence-corrected chi connectivity index (χ0v) is 18.1. The number of benzene rings is 2. The van der Waals surface area contributed by atoms with Crippen LogP contribution in [-0.4, -0.2) is 37.1 Å². The lowest BCUT2D eigenvalue weighted by molar-refractivity contribution is 0.239. The molecule has 1 atom stereocenters. The van der Waals surface area contributed by atoms with E-state index in [1.807, 2.05) is 42.5 Å². The molecule has 1 heterocycles. The molecular weight excluding hydrogens is 396 g/mol. The molecule has 2 aromatic rings. The summed E-state index contributed by atoms with van der Waals surface area (Å²) in [7, 11) is 0. The lowest BCUT2D eigenvalue weighted by Crippen LogP contribution is -2.40. The molecule has 0 saturated carbocycles. The van der Waals surface area contributed by atoms with Crippen LogP contribution in [0.25, 0.3) is 0 Å². The van der Waals surface area contributed by atoms with E-state index in [2.05, 4.69) is 48.1 Å². The molecule has 2 aliphatic rings. The van der Waals surface area contributed by atoms with Crippen molar-refractivity contribution in [3.8, 4) is 5.75 Å². The molecule has 0 radical (unpaired) electrons. The van der Waals surface area contributed by atoms with Crippen LogP contribution >= 0.6 is 12.6 Å². The summed E-state index contributed by atoms with van der Waals surface area (Å²) in [5.41, 5.74) is 4.67. The first-order valence-corrected chi connectivity index (χ1v) is 10.9. The lowest BCUT2D eigenvalue weighted by atomic mass is 9.89. The summed E-state index contributed by atoms with van der Waals surface area (Å²) in [5.74, 6) is 1.98. The molecule has 7 heteroatoms. The molecule has 1 aliphatic heterocycles. The lowest BCUT2D eigenvalue weighted by Gasteiger charge is -2.30. The van der Waals surface area contributed by atoms with Gasteiger partial charge in [0, 0.05) is 42.7 Å². The van der Waals surface area contributed by atoms with Crippen LogP contribution in [0.4, 0.5) is 16.2 Å². The topological polar surface area (TPSA) is 66.0 Å². The van der Waals surface area contributed by atoms with E-state index < -0.39 is 0 Å². The summed E-state index contributed by atoms with van der Waals surface area (Å²) < 4.78 is 6.29. The average molecular weight is 423 g/mol. The van der Waals surface area contributed by atoms with Gasteiger partial charge in [0.15, 0.2) is 11.5 Å². The summed E-state index contributed by atoms with van der Waals surface area (Å²) >= 11 is 4.14. The van der Waals surface area contributed by atoms with Crippen molar-refractivity contribution < 1.29 is 9.53 Å². The zero-order chi connectivity index (χ0) is 21.1. The van der Waals surface area contributed by atoms with Crippen LogP contribution in [0.15, 0.2) is 59.3 Å². The number of fused-ring (bicyclic) bond motifs is 4. The van der Waals surface area contributed by atoms with Crippen molar-refractivity contribution in [1.29, 1.82) is 0 Å². The first kappa shape index (κ1) is 20.3. The third kappa shape index (κ3) is 3.89. The van der Waals surface area contributed by atoms with E-state index in [0.717, 1.165) is 47.1 Å². The number of hydrogen-bond acceptors (Lipinski definition) is 5. The maximum Gasteiger partial charge on any atom is 0.315 e. The van der Waals surface area contributed by atoms with Gasteiger partial charge < -0.3 is 20.3 Å². The van der Waals surface area contributed by atoms with Crippen molar-refractivity contribution in [3.05, 3.63) is 65.4 Å². The van der Waals surface area contributed by atoms with Gasteiger partial charge in [-0.05, 0) is 37.6 Å². The number of allylic oxidation sites excluding steroid dienone is 1. The average Bonchev–Trinajstić information content (AvgIpc) is 2.77. The maximum atomic E-state index is 12.3. The van der Waals surface area contributed by atoms with Crippen LogP contribution in [0, 0.1) is 0 Å². The quantitative estimate of drug-likeness (QED) is 0.611. The monoisotopic (exact) mass is 422 g/mol. The fourth-order valence-electron chi connectivity index (χ4n) is 3.82. The number of carbonyl (C=O) groups excluding carboxylic acids is 1. The van der Waals surface area contributed by atoms with Gasteiger partial charge in [-0.25, -0.2) is 9.79 Å². The minimum Gasteiger partial charge on any atom is -0.453 e. The Kier molecular flexibility index (Phi) is 5.99. The Hall–Kier alpha value is -2.93. The van der Waals surface area contributed by atoms with E-state index in [9.17, 15) is 4.79 Å². The van der Waals surface area contributed by atoms with Crippen LogP contribution in [0.5, 0.6) is 5.75 Å². The molecule has 30 heavy (non-hydrogen) atoms. The molecule has 2 N–H and O–H groups in total. The van der Waals surface area contributed by atoms with E-state index in [1.165, 1.54) is 0 Å². The van der Waals surface area contributed by atoms with Gasteiger partial charge in [0.05, 0.1) is 6.04 Å². The summed E-state index contributed by atoms with van der Waals surface area (Å²) in [6.45, 7) is 6.62. The predicted molar refractivity (Wildman–Crippen MR) is 124 cm³/mol. The number of anilines is 1. The van der Waals surface area contributed by atoms with Crippen molar-refractivity contribution in [3.63, 3.8) is 0 Å². The molecule has 1 aliphatic carbocycles. The predicted octanol–water partition coefficient (Wildman–Crippen LogP) is 4.21. The highest BCUT2D eigenvalue weighted by atomic mass is 32.1. The molecule has 4 rings (SSSR count). The third-order valence-corrected chi connectivity index (χ3v) is 5.53. The molecule has 0 aromatic heterocycles. The molecule has 0 fully saturated rings. The number of nitrogens with one attached hydrogen (secondary N) is 2. The Balaban J connectivity index is 1.70. The molecular formula is C23H26N4O2S. The van der Waals surface area contributed by atoms with Crippen molar-refractivity contribution in [2.24, 2.45) is 4.99 Å². The normalized spacial score (nSPS) is 16.2. The smallest absolute Gasteiger partial charge is 0.315 e. The fourth-order valence-corrected chi connectivity index (χ4v) is 3.93. The molecule has 156 valence electrons. The molecule has 0 saturated heterocycles. The SMILES string of the molecule is CCN(CC)c1ccc2c(c1)OC1=CC(NC(=O)NCCS)c3ccccc3C1=N2. The first-order chi connectivity index (χ1) is 14.6. The Morgan fingerprint density at radius 1 is 1.20 bits per heavy atom. The summed E-state index contributed by atoms with van der Waals surface area (Å²) in [5, 5.41) is 5.81. The Bertz CT molecular complexity index is 1010. The van der Waals surface area contributed by atoms with Gasteiger partial charge in [0.25, 0.3) is 0 Å². The van der Waals surface area contributed by atoms with Gasteiger partial charge >= 0.3 is 6.03 Å². The Morgan fingerprint density at radius 2 is 2.00 bits per heavy atom. The van der Waals surface area contributed by atoms with Crippen molar-refractivity contribution in [2.75, 3.05) is 30.3 Å². The molecule has 1 unspecified atom stereocenters. The molecule has 0 spiro atoms. The Morgan fingerprint density at radius 3 is 2.77 bits per heavy atom. The Labute approximate surface area is 182 Å². The number of rotatable bonds is 6. The highest BCUT2D eigenvalue weighted by Crippen LogP contribution is 2.41. The van der Waals surface area contributed by atoms with Gasteiger partial charge in [-0.1, -0.05) is 24.3 Å². The second kappa shape index (κ2) is 8.83. The number of aliphatic imine (C=N–C) groups is 1. The summed E-state index contributed by atoms with van der Waals surface area (Å²) in [4.78, 5) is 19.4.